The molecule has 5 heteroatoms. The van der Waals surface area contributed by atoms with Crippen molar-refractivity contribution in [1.82, 2.24) is 5.32 Å². The number of phenols is 1. The average Bonchev–Trinajstić information content (AvgIpc) is 2.84. The highest BCUT2D eigenvalue weighted by Crippen LogP contribution is 2.21. The molecular formula is C14H14ClNO3. The molecule has 4 nitrogen and oxygen atoms in total. The number of hydrogen-bond acceptors (Lipinski definition) is 3. The van der Waals surface area contributed by atoms with Crippen LogP contribution in [-0.4, -0.2) is 17.1 Å². The molecule has 0 saturated heterocycles. The SMILES string of the molecule is CC(Cc1ccco1)NC(=O)c1cc(O)ccc1Cl. The van der Waals surface area contributed by atoms with Gasteiger partial charge in [-0.2, -0.15) is 0 Å². The van der Waals surface area contributed by atoms with Gasteiger partial charge in [0.1, 0.15) is 11.5 Å². The molecule has 0 fully saturated rings. The molecule has 2 aromatic rings. The third kappa shape index (κ3) is 3.51. The van der Waals surface area contributed by atoms with Crippen LogP contribution in [0.3, 0.4) is 0 Å². The molecule has 0 spiro atoms. The van der Waals surface area contributed by atoms with E-state index in [0.717, 1.165) is 5.76 Å². The fourth-order valence-electron chi connectivity index (χ4n) is 1.77. The number of benzene rings is 1. The van der Waals surface area contributed by atoms with Gasteiger partial charge >= 0.3 is 0 Å². The molecule has 0 bridgehead atoms. The van der Waals surface area contributed by atoms with Crippen molar-refractivity contribution in [3.05, 3.63) is 52.9 Å². The van der Waals surface area contributed by atoms with Crippen molar-refractivity contribution in [2.45, 2.75) is 19.4 Å². The van der Waals surface area contributed by atoms with Gasteiger partial charge in [0.15, 0.2) is 0 Å². The smallest absolute Gasteiger partial charge is 0.253 e. The van der Waals surface area contributed by atoms with Crippen LogP contribution < -0.4 is 5.32 Å². The van der Waals surface area contributed by atoms with Gasteiger partial charge in [-0.05, 0) is 37.3 Å². The van der Waals surface area contributed by atoms with Crippen molar-refractivity contribution in [2.24, 2.45) is 0 Å². The third-order valence-corrected chi connectivity index (χ3v) is 2.99. The predicted molar refractivity (Wildman–Crippen MR) is 72.5 cm³/mol. The Labute approximate surface area is 116 Å². The lowest BCUT2D eigenvalue weighted by Crippen LogP contribution is -2.34. The van der Waals surface area contributed by atoms with Gasteiger partial charge < -0.3 is 14.8 Å². The fourth-order valence-corrected chi connectivity index (χ4v) is 1.97. The van der Waals surface area contributed by atoms with Crippen LogP contribution in [0.15, 0.2) is 41.0 Å². The lowest BCUT2D eigenvalue weighted by Gasteiger charge is -2.13. The number of hydrogen-bond donors (Lipinski definition) is 2. The summed E-state index contributed by atoms with van der Waals surface area (Å²) < 4.78 is 5.22. The topological polar surface area (TPSA) is 62.5 Å². The first-order valence-electron chi connectivity index (χ1n) is 5.88. The monoisotopic (exact) mass is 279 g/mol. The van der Waals surface area contributed by atoms with Crippen molar-refractivity contribution in [3.63, 3.8) is 0 Å². The molecule has 0 saturated carbocycles. The minimum absolute atomic E-state index is 0.00763. The Morgan fingerprint density at radius 1 is 1.47 bits per heavy atom. The summed E-state index contributed by atoms with van der Waals surface area (Å²) in [5, 5.41) is 12.5. The highest BCUT2D eigenvalue weighted by molar-refractivity contribution is 6.33. The number of carbonyl (C=O) groups is 1. The Morgan fingerprint density at radius 2 is 2.26 bits per heavy atom. The van der Waals surface area contributed by atoms with E-state index < -0.39 is 0 Å². The first-order chi connectivity index (χ1) is 9.06. The maximum Gasteiger partial charge on any atom is 0.253 e. The number of rotatable bonds is 4. The van der Waals surface area contributed by atoms with Crippen LogP contribution in [0.25, 0.3) is 0 Å². The molecular weight excluding hydrogens is 266 g/mol. The lowest BCUT2D eigenvalue weighted by atomic mass is 10.1. The maximum absolute atomic E-state index is 12.0. The summed E-state index contributed by atoms with van der Waals surface area (Å²) in [6.07, 6.45) is 2.19. The quantitative estimate of drug-likeness (QED) is 0.904. The van der Waals surface area contributed by atoms with Crippen LogP contribution in [0.4, 0.5) is 0 Å². The second kappa shape index (κ2) is 5.80. The van der Waals surface area contributed by atoms with Crippen LogP contribution in [0.1, 0.15) is 23.0 Å². The van der Waals surface area contributed by atoms with Gasteiger partial charge in [-0.15, -0.1) is 0 Å². The second-order valence-electron chi connectivity index (χ2n) is 4.32. The summed E-state index contributed by atoms with van der Waals surface area (Å²) >= 11 is 5.93. The molecule has 2 N–H and O–H groups in total. The highest BCUT2D eigenvalue weighted by Gasteiger charge is 2.14. The first-order valence-corrected chi connectivity index (χ1v) is 6.26. The Kier molecular flexibility index (Phi) is 4.12. The van der Waals surface area contributed by atoms with E-state index in [1.54, 1.807) is 12.3 Å². The molecule has 1 aromatic heterocycles. The lowest BCUT2D eigenvalue weighted by molar-refractivity contribution is 0.0939. The van der Waals surface area contributed by atoms with Crippen LogP contribution in [-0.2, 0) is 6.42 Å². The van der Waals surface area contributed by atoms with E-state index in [-0.39, 0.29) is 23.3 Å². The number of aromatic hydroxyl groups is 1. The zero-order valence-corrected chi connectivity index (χ0v) is 11.1. The highest BCUT2D eigenvalue weighted by atomic mass is 35.5. The van der Waals surface area contributed by atoms with Crippen molar-refractivity contribution in [3.8, 4) is 5.75 Å². The molecule has 19 heavy (non-hydrogen) atoms. The van der Waals surface area contributed by atoms with Crippen LogP contribution in [0.2, 0.25) is 5.02 Å². The number of amides is 1. The zero-order chi connectivity index (χ0) is 13.8. The Hall–Kier alpha value is -1.94. The molecule has 2 rings (SSSR count). The molecule has 0 aliphatic carbocycles. The van der Waals surface area contributed by atoms with Crippen LogP contribution >= 0.6 is 11.6 Å². The second-order valence-corrected chi connectivity index (χ2v) is 4.73. The van der Waals surface area contributed by atoms with E-state index >= 15 is 0 Å². The Morgan fingerprint density at radius 3 is 2.95 bits per heavy atom. The first kappa shape index (κ1) is 13.5. The van der Waals surface area contributed by atoms with Crippen LogP contribution in [0.5, 0.6) is 5.75 Å². The average molecular weight is 280 g/mol. The number of phenolic OH excluding ortho intramolecular Hbond substituents is 1. The number of halogens is 1. The summed E-state index contributed by atoms with van der Waals surface area (Å²) in [5.41, 5.74) is 0.257. The van der Waals surface area contributed by atoms with Gasteiger partial charge in [-0.25, -0.2) is 0 Å². The largest absolute Gasteiger partial charge is 0.508 e. The maximum atomic E-state index is 12.0. The summed E-state index contributed by atoms with van der Waals surface area (Å²) in [4.78, 5) is 12.0. The van der Waals surface area contributed by atoms with E-state index in [4.69, 9.17) is 16.0 Å². The van der Waals surface area contributed by atoms with Crippen molar-refractivity contribution < 1.29 is 14.3 Å². The summed E-state index contributed by atoms with van der Waals surface area (Å²) in [6.45, 7) is 1.87. The van der Waals surface area contributed by atoms with Crippen molar-refractivity contribution in [2.75, 3.05) is 0 Å². The van der Waals surface area contributed by atoms with E-state index in [9.17, 15) is 9.90 Å². The van der Waals surface area contributed by atoms with Gasteiger partial charge in [0.05, 0.1) is 16.8 Å². The third-order valence-electron chi connectivity index (χ3n) is 2.66. The number of nitrogens with one attached hydrogen (secondary N) is 1. The van der Waals surface area contributed by atoms with E-state index in [0.29, 0.717) is 11.4 Å². The van der Waals surface area contributed by atoms with E-state index in [2.05, 4.69) is 5.32 Å². The number of furan rings is 1. The van der Waals surface area contributed by atoms with Crippen molar-refractivity contribution in [1.29, 1.82) is 0 Å². The zero-order valence-electron chi connectivity index (χ0n) is 10.4. The minimum Gasteiger partial charge on any atom is -0.508 e. The van der Waals surface area contributed by atoms with Gasteiger partial charge in [0.25, 0.3) is 5.91 Å². The van der Waals surface area contributed by atoms with Crippen molar-refractivity contribution >= 4 is 17.5 Å². The Balaban J connectivity index is 2.02. The molecule has 100 valence electrons. The predicted octanol–water partition coefficient (Wildman–Crippen LogP) is 3.00. The summed E-state index contributed by atoms with van der Waals surface area (Å²) in [5.74, 6) is 0.489. The molecule has 0 radical (unpaired) electrons. The van der Waals surface area contributed by atoms with E-state index in [1.807, 2.05) is 13.0 Å². The van der Waals surface area contributed by atoms with Crippen LogP contribution in [0, 0.1) is 0 Å². The van der Waals surface area contributed by atoms with Gasteiger partial charge in [-0.1, -0.05) is 11.6 Å². The molecule has 0 aliphatic heterocycles. The molecule has 1 amide bonds. The fraction of sp³-hybridized carbons (Fsp3) is 0.214. The molecule has 0 aliphatic rings. The normalized spacial score (nSPS) is 12.1. The summed E-state index contributed by atoms with van der Waals surface area (Å²) in [7, 11) is 0. The van der Waals surface area contributed by atoms with Gasteiger partial charge in [0, 0.05) is 12.5 Å². The summed E-state index contributed by atoms with van der Waals surface area (Å²) in [6, 6.07) is 7.82. The van der Waals surface area contributed by atoms with E-state index in [1.165, 1.54) is 18.2 Å². The molecule has 1 heterocycles. The Bertz CT molecular complexity index is 566. The van der Waals surface area contributed by atoms with Gasteiger partial charge in [0.2, 0.25) is 0 Å². The minimum atomic E-state index is -0.319. The standard InChI is InChI=1S/C14H14ClNO3/c1-9(7-11-3-2-6-19-11)16-14(18)12-8-10(17)4-5-13(12)15/h2-6,8-9,17H,7H2,1H3,(H,16,18). The molecule has 1 atom stereocenters. The molecule has 1 unspecified atom stereocenters. The number of carbonyl (C=O) groups excluding carboxylic acids is 1. The molecule has 1 aromatic carbocycles. The van der Waals surface area contributed by atoms with Gasteiger partial charge in [-0.3, -0.25) is 4.79 Å².